The number of nitrogens with zero attached hydrogens (tertiary/aromatic N) is 1. The summed E-state index contributed by atoms with van der Waals surface area (Å²) >= 11 is 0. The van der Waals surface area contributed by atoms with E-state index in [4.69, 9.17) is 9.84 Å². The molecule has 0 radical (unpaired) electrons. The first-order chi connectivity index (χ1) is 7.90. The zero-order chi connectivity index (χ0) is 13.4. The highest BCUT2D eigenvalue weighted by atomic mass is 16.5. The fraction of sp³-hybridized carbons (Fsp3) is 0.923. The van der Waals surface area contributed by atoms with E-state index >= 15 is 0 Å². The molecule has 0 heterocycles. The number of rotatable bonds is 9. The van der Waals surface area contributed by atoms with Crippen molar-refractivity contribution in [3.8, 4) is 0 Å². The Hall–Kier alpha value is -0.450. The molecule has 0 aromatic rings. The van der Waals surface area contributed by atoms with Crippen LogP contribution in [0.1, 0.15) is 47.5 Å². The minimum atomic E-state index is -0.0916. The lowest BCUT2D eigenvalue weighted by Gasteiger charge is -2.37. The molecule has 0 amide bonds. The number of aliphatic hydroxyl groups excluding tert-OH is 1. The number of Topliss-reactive ketones (excluding diaryl/α,β-unsaturated/α-hetero) is 1. The van der Waals surface area contributed by atoms with E-state index in [0.717, 1.165) is 0 Å². The van der Waals surface area contributed by atoms with Gasteiger partial charge in [-0.3, -0.25) is 4.90 Å². The monoisotopic (exact) mass is 245 g/mol. The van der Waals surface area contributed by atoms with Crippen molar-refractivity contribution in [3.63, 3.8) is 0 Å². The zero-order valence-corrected chi connectivity index (χ0v) is 11.8. The van der Waals surface area contributed by atoms with E-state index < -0.39 is 0 Å². The summed E-state index contributed by atoms with van der Waals surface area (Å²) in [5.74, 6) is 0.176. The molecular weight excluding hydrogens is 218 g/mol. The van der Waals surface area contributed by atoms with Gasteiger partial charge >= 0.3 is 0 Å². The van der Waals surface area contributed by atoms with Gasteiger partial charge in [0.2, 0.25) is 0 Å². The average Bonchev–Trinajstić information content (AvgIpc) is 2.20. The normalized spacial score (nSPS) is 13.7. The third-order valence-corrected chi connectivity index (χ3v) is 2.67. The van der Waals surface area contributed by atoms with Gasteiger partial charge in [0.05, 0.1) is 13.2 Å². The minimum absolute atomic E-state index is 0.0145. The maximum Gasteiger partial charge on any atom is 0.129 e. The Morgan fingerprint density at radius 1 is 1.24 bits per heavy atom. The van der Waals surface area contributed by atoms with Crippen LogP contribution in [0.15, 0.2) is 0 Å². The third-order valence-electron chi connectivity index (χ3n) is 2.67. The Kier molecular flexibility index (Phi) is 8.39. The van der Waals surface area contributed by atoms with Crippen LogP contribution in [0.2, 0.25) is 0 Å². The number of ketones is 1. The van der Waals surface area contributed by atoms with Crippen LogP contribution in [0.4, 0.5) is 0 Å². The topological polar surface area (TPSA) is 49.8 Å². The molecule has 102 valence electrons. The first-order valence-electron chi connectivity index (χ1n) is 6.39. The van der Waals surface area contributed by atoms with Crippen LogP contribution < -0.4 is 0 Å². The second-order valence-electron chi connectivity index (χ2n) is 4.92. The maximum absolute atomic E-state index is 11.1. The second-order valence-corrected chi connectivity index (χ2v) is 4.92. The van der Waals surface area contributed by atoms with Crippen molar-refractivity contribution in [3.05, 3.63) is 0 Å². The number of hydrogen-bond acceptors (Lipinski definition) is 4. The molecule has 0 bridgehead atoms. The molecule has 0 aliphatic heterocycles. The number of aliphatic hydroxyl groups is 1. The van der Waals surface area contributed by atoms with E-state index in [1.54, 1.807) is 6.92 Å². The number of carbonyl (C=O) groups excluding carboxylic acids is 1. The van der Waals surface area contributed by atoms with Crippen molar-refractivity contribution in [2.45, 2.75) is 65.8 Å². The summed E-state index contributed by atoms with van der Waals surface area (Å²) in [5.41, 5.74) is 0. The molecule has 17 heavy (non-hydrogen) atoms. The summed E-state index contributed by atoms with van der Waals surface area (Å²) in [4.78, 5) is 13.3. The fourth-order valence-electron chi connectivity index (χ4n) is 2.10. The Morgan fingerprint density at radius 3 is 2.12 bits per heavy atom. The summed E-state index contributed by atoms with van der Waals surface area (Å²) in [6, 6.07) is 0.705. The Balaban J connectivity index is 4.54. The zero-order valence-electron chi connectivity index (χ0n) is 11.8. The molecule has 0 aromatic heterocycles. The summed E-state index contributed by atoms with van der Waals surface area (Å²) in [6.07, 6.45) is 1.11. The molecule has 4 nitrogen and oxygen atoms in total. The van der Waals surface area contributed by atoms with Crippen LogP contribution in [0.5, 0.6) is 0 Å². The van der Waals surface area contributed by atoms with Gasteiger partial charge in [-0.2, -0.15) is 0 Å². The van der Waals surface area contributed by atoms with Crippen LogP contribution in [0.3, 0.4) is 0 Å². The molecule has 0 fully saturated rings. The lowest BCUT2D eigenvalue weighted by molar-refractivity contribution is -0.122. The summed E-state index contributed by atoms with van der Waals surface area (Å²) in [7, 11) is 0. The predicted octanol–water partition coefficient (Wildman–Crippen LogP) is 1.81. The molecule has 0 rings (SSSR count). The van der Waals surface area contributed by atoms with Crippen molar-refractivity contribution in [2.75, 3.05) is 13.2 Å². The first-order valence-corrected chi connectivity index (χ1v) is 6.39. The van der Waals surface area contributed by atoms with Crippen molar-refractivity contribution >= 4 is 5.78 Å². The van der Waals surface area contributed by atoms with Crippen molar-refractivity contribution < 1.29 is 14.6 Å². The largest absolute Gasteiger partial charge is 0.394 e. The van der Waals surface area contributed by atoms with Gasteiger partial charge in [0, 0.05) is 18.5 Å². The number of carbonyl (C=O) groups is 1. The molecule has 0 saturated heterocycles. The molecule has 1 N–H and O–H groups in total. The van der Waals surface area contributed by atoms with Gasteiger partial charge in [0.1, 0.15) is 12.0 Å². The molecule has 4 heteroatoms. The standard InChI is InChI=1S/C13H27NO3/c1-10(2)14(11(3)4)13(17-9-8-15)7-6-12(5)16/h10-11,13,15H,6-9H2,1-5H3. The van der Waals surface area contributed by atoms with Gasteiger partial charge in [-0.15, -0.1) is 0 Å². The first kappa shape index (κ1) is 16.6. The second kappa shape index (κ2) is 8.61. The third kappa shape index (κ3) is 6.76. The Bertz CT molecular complexity index is 209. The quantitative estimate of drug-likeness (QED) is 0.629. The van der Waals surface area contributed by atoms with Crippen molar-refractivity contribution in [2.24, 2.45) is 0 Å². The summed E-state index contributed by atoms with van der Waals surface area (Å²) < 4.78 is 5.65. The van der Waals surface area contributed by atoms with E-state index in [2.05, 4.69) is 32.6 Å². The van der Waals surface area contributed by atoms with Crippen LogP contribution in [-0.4, -0.2) is 47.3 Å². The van der Waals surface area contributed by atoms with Crippen LogP contribution in [0, 0.1) is 0 Å². The molecule has 0 aliphatic rings. The molecule has 0 aliphatic carbocycles. The number of ether oxygens (including phenoxy) is 1. The number of hydrogen-bond donors (Lipinski definition) is 1. The molecule has 0 aromatic carbocycles. The maximum atomic E-state index is 11.1. The molecule has 0 spiro atoms. The van der Waals surface area contributed by atoms with E-state index in [1.165, 1.54) is 0 Å². The Morgan fingerprint density at radius 2 is 1.76 bits per heavy atom. The lowest BCUT2D eigenvalue weighted by atomic mass is 10.1. The fourth-order valence-corrected chi connectivity index (χ4v) is 2.10. The van der Waals surface area contributed by atoms with E-state index in [-0.39, 0.29) is 18.6 Å². The van der Waals surface area contributed by atoms with E-state index in [0.29, 0.717) is 31.5 Å². The highest BCUT2D eigenvalue weighted by Crippen LogP contribution is 2.16. The SMILES string of the molecule is CC(=O)CCC(OCCO)N(C(C)C)C(C)C. The van der Waals surface area contributed by atoms with Crippen LogP contribution in [0.25, 0.3) is 0 Å². The Labute approximate surface area is 105 Å². The van der Waals surface area contributed by atoms with Gasteiger partial charge < -0.3 is 14.6 Å². The highest BCUT2D eigenvalue weighted by Gasteiger charge is 2.24. The molecule has 1 atom stereocenters. The predicted molar refractivity (Wildman–Crippen MR) is 68.9 cm³/mol. The van der Waals surface area contributed by atoms with E-state index in [9.17, 15) is 4.79 Å². The van der Waals surface area contributed by atoms with Crippen LogP contribution >= 0.6 is 0 Å². The van der Waals surface area contributed by atoms with Crippen molar-refractivity contribution in [1.82, 2.24) is 4.90 Å². The van der Waals surface area contributed by atoms with Gasteiger partial charge in [-0.25, -0.2) is 0 Å². The molecule has 0 saturated carbocycles. The molecule has 1 unspecified atom stereocenters. The van der Waals surface area contributed by atoms with Gasteiger partial charge in [-0.05, 0) is 41.0 Å². The van der Waals surface area contributed by atoms with Gasteiger partial charge in [0.25, 0.3) is 0 Å². The van der Waals surface area contributed by atoms with Gasteiger partial charge in [0.15, 0.2) is 0 Å². The average molecular weight is 245 g/mol. The van der Waals surface area contributed by atoms with Gasteiger partial charge in [-0.1, -0.05) is 0 Å². The highest BCUT2D eigenvalue weighted by molar-refractivity contribution is 5.75. The lowest BCUT2D eigenvalue weighted by Crippen LogP contribution is -2.47. The van der Waals surface area contributed by atoms with Crippen molar-refractivity contribution in [1.29, 1.82) is 0 Å². The van der Waals surface area contributed by atoms with Crippen LogP contribution in [-0.2, 0) is 9.53 Å². The minimum Gasteiger partial charge on any atom is -0.394 e. The van der Waals surface area contributed by atoms with E-state index in [1.807, 2.05) is 0 Å². The smallest absolute Gasteiger partial charge is 0.129 e. The molecular formula is C13H27NO3. The summed E-state index contributed by atoms with van der Waals surface area (Å²) in [6.45, 7) is 10.4. The summed E-state index contributed by atoms with van der Waals surface area (Å²) in [5, 5.41) is 8.84.